The van der Waals surface area contributed by atoms with Crippen molar-refractivity contribution in [3.8, 4) is 11.3 Å². The van der Waals surface area contributed by atoms with Gasteiger partial charge in [-0.2, -0.15) is 13.2 Å². The maximum Gasteiger partial charge on any atom is 0.416 e. The number of nitrogens with two attached hydrogens (primary N) is 1. The lowest BCUT2D eigenvalue weighted by Crippen LogP contribution is -2.15. The van der Waals surface area contributed by atoms with Crippen LogP contribution in [0, 0.1) is 0 Å². The van der Waals surface area contributed by atoms with Crippen molar-refractivity contribution in [1.82, 2.24) is 14.4 Å². The molecule has 0 bridgehead atoms. The minimum absolute atomic E-state index is 0.419. The van der Waals surface area contributed by atoms with Crippen molar-refractivity contribution >= 4 is 22.5 Å². The fourth-order valence-electron chi connectivity index (χ4n) is 3.05. The Bertz CT molecular complexity index is 1120. The van der Waals surface area contributed by atoms with Gasteiger partial charge in [-0.3, -0.25) is 4.40 Å². The largest absolute Gasteiger partial charge is 0.416 e. The second-order valence-corrected chi connectivity index (χ2v) is 6.05. The molecule has 2 heterocycles. The van der Waals surface area contributed by atoms with E-state index >= 15 is 0 Å². The highest BCUT2D eigenvalue weighted by Gasteiger charge is 2.30. The smallest absolute Gasteiger partial charge is 0.366 e. The van der Waals surface area contributed by atoms with E-state index in [-0.39, 0.29) is 0 Å². The van der Waals surface area contributed by atoms with Gasteiger partial charge in [-0.25, -0.2) is 9.97 Å². The fourth-order valence-corrected chi connectivity index (χ4v) is 3.05. The summed E-state index contributed by atoms with van der Waals surface area (Å²) >= 11 is 0. The lowest BCUT2D eigenvalue weighted by molar-refractivity contribution is -0.137. The van der Waals surface area contributed by atoms with Crippen LogP contribution in [-0.2, 0) is 6.18 Å². The van der Waals surface area contributed by atoms with Crippen LogP contribution in [0.5, 0.6) is 0 Å². The predicted octanol–water partition coefficient (Wildman–Crippen LogP) is 3.94. The van der Waals surface area contributed by atoms with Crippen molar-refractivity contribution in [2.24, 2.45) is 5.73 Å². The Morgan fingerprint density at radius 2 is 1.89 bits per heavy atom. The third kappa shape index (κ3) is 3.08. The van der Waals surface area contributed by atoms with Gasteiger partial charge in [0.05, 0.1) is 28.5 Å². The Hall–Kier alpha value is -3.13. The first kappa shape index (κ1) is 17.3. The van der Waals surface area contributed by atoms with Crippen LogP contribution in [-0.4, -0.2) is 27.5 Å². The van der Waals surface area contributed by atoms with Gasteiger partial charge in [0, 0.05) is 18.7 Å². The van der Waals surface area contributed by atoms with E-state index in [1.807, 2.05) is 28.7 Å². The summed E-state index contributed by atoms with van der Waals surface area (Å²) in [5.41, 5.74) is 7.85. The molecule has 4 rings (SSSR count). The van der Waals surface area contributed by atoms with Crippen LogP contribution in [0.3, 0.4) is 0 Å². The van der Waals surface area contributed by atoms with E-state index in [2.05, 4.69) is 15.3 Å². The molecule has 0 radical (unpaired) electrons. The third-order valence-corrected chi connectivity index (χ3v) is 4.25. The summed E-state index contributed by atoms with van der Waals surface area (Å²) in [5, 5.41) is 3.13. The van der Waals surface area contributed by atoms with Gasteiger partial charge in [0.2, 0.25) is 0 Å². The van der Waals surface area contributed by atoms with Crippen LogP contribution in [0.4, 0.5) is 19.0 Å². The number of aromatic nitrogens is 3. The molecule has 0 aliphatic carbocycles. The van der Waals surface area contributed by atoms with Gasteiger partial charge in [-0.15, -0.1) is 0 Å². The molecule has 2 aromatic heterocycles. The Kier molecular flexibility index (Phi) is 4.19. The third-order valence-electron chi connectivity index (χ3n) is 4.25. The number of imidazole rings is 1. The van der Waals surface area contributed by atoms with Crippen LogP contribution >= 0.6 is 0 Å². The van der Waals surface area contributed by atoms with Crippen LogP contribution in [0.2, 0.25) is 0 Å². The Labute approximate surface area is 152 Å². The second kappa shape index (κ2) is 6.55. The topological polar surface area (TPSA) is 68.2 Å². The molecule has 3 N–H and O–H groups in total. The van der Waals surface area contributed by atoms with Crippen LogP contribution in [0.25, 0.3) is 27.9 Å². The molecule has 0 aliphatic rings. The molecule has 0 saturated heterocycles. The summed E-state index contributed by atoms with van der Waals surface area (Å²) in [4.78, 5) is 8.98. The minimum Gasteiger partial charge on any atom is -0.366 e. The summed E-state index contributed by atoms with van der Waals surface area (Å²) < 4.78 is 41.2. The quantitative estimate of drug-likeness (QED) is 0.570. The second-order valence-electron chi connectivity index (χ2n) is 6.05. The maximum absolute atomic E-state index is 13.1. The van der Waals surface area contributed by atoms with E-state index in [1.165, 1.54) is 6.07 Å². The molecule has 4 aromatic rings. The first-order valence-corrected chi connectivity index (χ1v) is 8.37. The highest BCUT2D eigenvalue weighted by atomic mass is 19.4. The highest BCUT2D eigenvalue weighted by Crippen LogP contribution is 2.33. The molecule has 0 fully saturated rings. The molecule has 2 aromatic carbocycles. The van der Waals surface area contributed by atoms with E-state index in [9.17, 15) is 13.2 Å². The zero-order valence-corrected chi connectivity index (χ0v) is 14.2. The SMILES string of the molecule is NCCNc1nc2ccccc2n2c(-c3cccc(C(F)(F)F)c3)cnc12. The zero-order chi connectivity index (χ0) is 19.0. The molecule has 0 spiro atoms. The molecule has 0 unspecified atom stereocenters. The van der Waals surface area contributed by atoms with Gasteiger partial charge in [-0.1, -0.05) is 24.3 Å². The van der Waals surface area contributed by atoms with Crippen molar-refractivity contribution in [3.63, 3.8) is 0 Å². The maximum atomic E-state index is 13.1. The molecule has 0 amide bonds. The number of para-hydroxylation sites is 2. The first-order chi connectivity index (χ1) is 13.0. The Morgan fingerprint density at radius 3 is 2.67 bits per heavy atom. The molecule has 138 valence electrons. The van der Waals surface area contributed by atoms with Gasteiger partial charge in [-0.05, 0) is 24.3 Å². The van der Waals surface area contributed by atoms with E-state index in [0.29, 0.717) is 41.3 Å². The van der Waals surface area contributed by atoms with E-state index in [0.717, 1.165) is 17.6 Å². The number of hydrogen-bond acceptors (Lipinski definition) is 4. The van der Waals surface area contributed by atoms with Crippen molar-refractivity contribution in [1.29, 1.82) is 0 Å². The molecular weight excluding hydrogens is 355 g/mol. The molecular formula is C19H16F3N5. The molecule has 27 heavy (non-hydrogen) atoms. The highest BCUT2D eigenvalue weighted by molar-refractivity contribution is 5.86. The summed E-state index contributed by atoms with van der Waals surface area (Å²) in [5.74, 6) is 0.539. The number of alkyl halides is 3. The van der Waals surface area contributed by atoms with Gasteiger partial charge >= 0.3 is 6.18 Å². The molecule has 0 atom stereocenters. The summed E-state index contributed by atoms with van der Waals surface area (Å²) in [6.07, 6.45) is -2.85. The van der Waals surface area contributed by atoms with Crippen molar-refractivity contribution < 1.29 is 13.2 Å². The Morgan fingerprint density at radius 1 is 1.07 bits per heavy atom. The molecule has 5 nitrogen and oxygen atoms in total. The number of rotatable bonds is 4. The number of hydrogen-bond donors (Lipinski definition) is 2. The fraction of sp³-hybridized carbons (Fsp3) is 0.158. The van der Waals surface area contributed by atoms with E-state index < -0.39 is 11.7 Å². The van der Waals surface area contributed by atoms with Gasteiger partial charge in [0.25, 0.3) is 0 Å². The first-order valence-electron chi connectivity index (χ1n) is 8.37. The number of halogens is 3. The summed E-state index contributed by atoms with van der Waals surface area (Å²) in [6, 6.07) is 12.6. The number of nitrogens with zero attached hydrogens (tertiary/aromatic N) is 3. The summed E-state index contributed by atoms with van der Waals surface area (Å²) in [6.45, 7) is 0.925. The van der Waals surface area contributed by atoms with Gasteiger partial charge in [0.15, 0.2) is 11.5 Å². The Balaban J connectivity index is 1.99. The monoisotopic (exact) mass is 371 g/mol. The molecule has 8 heteroatoms. The van der Waals surface area contributed by atoms with Crippen molar-refractivity contribution in [2.75, 3.05) is 18.4 Å². The predicted molar refractivity (Wildman–Crippen MR) is 98.5 cm³/mol. The van der Waals surface area contributed by atoms with E-state index in [4.69, 9.17) is 5.73 Å². The zero-order valence-electron chi connectivity index (χ0n) is 14.2. The van der Waals surface area contributed by atoms with Gasteiger partial charge in [0.1, 0.15) is 0 Å². The lowest BCUT2D eigenvalue weighted by Gasteiger charge is -2.12. The van der Waals surface area contributed by atoms with Gasteiger partial charge < -0.3 is 11.1 Å². The number of fused-ring (bicyclic) bond motifs is 3. The number of benzene rings is 2. The number of nitrogens with one attached hydrogen (secondary N) is 1. The van der Waals surface area contributed by atoms with Crippen molar-refractivity contribution in [3.05, 3.63) is 60.3 Å². The van der Waals surface area contributed by atoms with Crippen LogP contribution in [0.1, 0.15) is 5.56 Å². The van der Waals surface area contributed by atoms with Crippen LogP contribution < -0.4 is 11.1 Å². The molecule has 0 saturated carbocycles. The lowest BCUT2D eigenvalue weighted by atomic mass is 10.1. The average molecular weight is 371 g/mol. The van der Waals surface area contributed by atoms with E-state index in [1.54, 1.807) is 12.3 Å². The van der Waals surface area contributed by atoms with Crippen LogP contribution in [0.15, 0.2) is 54.7 Å². The normalized spacial score (nSPS) is 12.0. The molecule has 0 aliphatic heterocycles. The van der Waals surface area contributed by atoms with Crippen molar-refractivity contribution in [2.45, 2.75) is 6.18 Å². The summed E-state index contributed by atoms with van der Waals surface area (Å²) in [7, 11) is 0. The average Bonchev–Trinajstić information content (AvgIpc) is 3.11. The standard InChI is InChI=1S/C19H16F3N5/c20-19(21,22)13-5-3-4-12(10-13)16-11-25-18-17(24-9-8-23)26-14-6-1-2-7-15(14)27(16)18/h1-7,10-11H,8-9,23H2,(H,24,26). The minimum atomic E-state index is -4.41. The number of anilines is 1.